The van der Waals surface area contributed by atoms with Gasteiger partial charge in [-0.15, -0.1) is 0 Å². The first kappa shape index (κ1) is 12.0. The summed E-state index contributed by atoms with van der Waals surface area (Å²) in [7, 11) is 1.65. The number of carbonyl (C=O) groups excluding carboxylic acids is 1. The number of hydrogen-bond donors (Lipinski definition) is 3. The summed E-state index contributed by atoms with van der Waals surface area (Å²) in [5.74, 6) is -0.533. The molecule has 0 aliphatic carbocycles. The van der Waals surface area contributed by atoms with Gasteiger partial charge in [0, 0.05) is 20.3 Å². The van der Waals surface area contributed by atoms with Crippen molar-refractivity contribution >= 4 is 12.1 Å². The van der Waals surface area contributed by atoms with Crippen LogP contribution in [0.3, 0.4) is 0 Å². The highest BCUT2D eigenvalue weighted by atomic mass is 16.5. The van der Waals surface area contributed by atoms with E-state index in [1.54, 1.807) is 7.11 Å². The average molecular weight is 188 g/mol. The molecule has 0 rings (SSSR count). The van der Waals surface area contributed by atoms with Crippen molar-refractivity contribution in [1.82, 2.24) is 10.6 Å². The lowest BCUT2D eigenvalue weighted by Gasteiger charge is -2.03. The third-order valence-corrected chi connectivity index (χ3v) is 1.15. The molecular weight excluding hydrogens is 172 g/mol. The first-order chi connectivity index (χ1) is 6.27. The molecule has 4 N–H and O–H groups in total. The zero-order chi connectivity index (χ0) is 9.94. The zero-order valence-electron chi connectivity index (χ0n) is 7.75. The highest BCUT2D eigenvalue weighted by Crippen LogP contribution is 1.64. The molecule has 0 saturated carbocycles. The Morgan fingerprint density at radius 3 is 3.00 bits per heavy atom. The van der Waals surface area contributed by atoms with Gasteiger partial charge >= 0.3 is 0 Å². The molecule has 0 radical (unpaired) electrons. The molecule has 76 valence electrons. The molecule has 6 nitrogen and oxygen atoms in total. The second kappa shape index (κ2) is 9.11. The van der Waals surface area contributed by atoms with Crippen LogP contribution in [0, 0.1) is 0 Å². The molecular formula is C7H16N4O2. The van der Waals surface area contributed by atoms with E-state index in [0.717, 1.165) is 12.8 Å². The average Bonchev–Trinajstić information content (AvgIpc) is 2.09. The molecule has 0 aromatic rings. The fourth-order valence-corrected chi connectivity index (χ4v) is 0.607. The second-order valence-electron chi connectivity index (χ2n) is 2.29. The summed E-state index contributed by atoms with van der Waals surface area (Å²) >= 11 is 0. The van der Waals surface area contributed by atoms with Gasteiger partial charge in [0.1, 0.15) is 0 Å². The number of amides is 1. The van der Waals surface area contributed by atoms with Crippen LogP contribution in [0.2, 0.25) is 0 Å². The normalized spacial score (nSPS) is 10.8. The van der Waals surface area contributed by atoms with E-state index in [1.165, 1.54) is 0 Å². The highest BCUT2D eigenvalue weighted by Gasteiger charge is 1.85. The van der Waals surface area contributed by atoms with Crippen LogP contribution in [0.1, 0.15) is 0 Å². The van der Waals surface area contributed by atoms with E-state index in [0.29, 0.717) is 19.9 Å². The molecule has 0 bridgehead atoms. The van der Waals surface area contributed by atoms with Gasteiger partial charge in [0.15, 0.2) is 0 Å². The SMILES string of the molecule is COCCNCNC/N=C/C(N)=O. The van der Waals surface area contributed by atoms with Crippen molar-refractivity contribution in [3.05, 3.63) is 0 Å². The van der Waals surface area contributed by atoms with E-state index >= 15 is 0 Å². The number of nitrogens with one attached hydrogen (secondary N) is 2. The van der Waals surface area contributed by atoms with Crippen LogP contribution >= 0.6 is 0 Å². The van der Waals surface area contributed by atoms with E-state index in [9.17, 15) is 4.79 Å². The number of ether oxygens (including phenoxy) is 1. The van der Waals surface area contributed by atoms with Crippen LogP contribution in [-0.4, -0.2) is 45.7 Å². The molecule has 0 unspecified atom stereocenters. The molecule has 0 atom stereocenters. The first-order valence-electron chi connectivity index (χ1n) is 3.97. The van der Waals surface area contributed by atoms with Crippen LogP contribution in [-0.2, 0) is 9.53 Å². The van der Waals surface area contributed by atoms with Gasteiger partial charge in [0.25, 0.3) is 5.91 Å². The maximum atomic E-state index is 10.2. The fourth-order valence-electron chi connectivity index (χ4n) is 0.607. The standard InChI is InChI=1S/C7H16N4O2/c1-13-3-2-9-5-11-6-10-4-7(8)12/h4,9,11H,2-3,5-6H2,1H3,(H2,8,12)/b10-4+. The summed E-state index contributed by atoms with van der Waals surface area (Å²) in [6, 6.07) is 0. The molecule has 0 aromatic carbocycles. The van der Waals surface area contributed by atoms with Gasteiger partial charge in [-0.1, -0.05) is 0 Å². The van der Waals surface area contributed by atoms with E-state index in [4.69, 9.17) is 10.5 Å². The molecule has 1 amide bonds. The number of aliphatic imine (C=N–C) groups is 1. The molecule has 0 aliphatic rings. The number of methoxy groups -OCH3 is 1. The van der Waals surface area contributed by atoms with Gasteiger partial charge in [-0.2, -0.15) is 0 Å². The number of nitrogens with zero attached hydrogens (tertiary/aromatic N) is 1. The van der Waals surface area contributed by atoms with Crippen LogP contribution in [0.4, 0.5) is 0 Å². The molecule has 0 saturated heterocycles. The molecule has 0 heterocycles. The monoisotopic (exact) mass is 188 g/mol. The van der Waals surface area contributed by atoms with Gasteiger partial charge in [-0.25, -0.2) is 0 Å². The van der Waals surface area contributed by atoms with Crippen molar-refractivity contribution < 1.29 is 9.53 Å². The smallest absolute Gasteiger partial charge is 0.259 e. The largest absolute Gasteiger partial charge is 0.383 e. The van der Waals surface area contributed by atoms with Crippen LogP contribution < -0.4 is 16.4 Å². The Labute approximate surface area is 77.5 Å². The van der Waals surface area contributed by atoms with E-state index in [-0.39, 0.29) is 0 Å². The molecule has 6 heteroatoms. The quantitative estimate of drug-likeness (QED) is 0.240. The van der Waals surface area contributed by atoms with Gasteiger partial charge in [-0.3, -0.25) is 15.1 Å². The van der Waals surface area contributed by atoms with Crippen LogP contribution in [0.25, 0.3) is 0 Å². The van der Waals surface area contributed by atoms with Crippen molar-refractivity contribution in [2.24, 2.45) is 10.7 Å². The lowest BCUT2D eigenvalue weighted by Crippen LogP contribution is -2.31. The number of nitrogens with two attached hydrogens (primary N) is 1. The Morgan fingerprint density at radius 2 is 2.38 bits per heavy atom. The maximum absolute atomic E-state index is 10.2. The fraction of sp³-hybridized carbons (Fsp3) is 0.714. The summed E-state index contributed by atoms with van der Waals surface area (Å²) in [4.78, 5) is 13.9. The number of rotatable bonds is 8. The number of carbonyl (C=O) groups is 1. The lowest BCUT2D eigenvalue weighted by molar-refractivity contribution is -0.111. The zero-order valence-corrected chi connectivity index (χ0v) is 7.75. The maximum Gasteiger partial charge on any atom is 0.259 e. The Hall–Kier alpha value is -0.980. The lowest BCUT2D eigenvalue weighted by atomic mass is 10.7. The Morgan fingerprint density at radius 1 is 1.62 bits per heavy atom. The number of hydrogen-bond acceptors (Lipinski definition) is 5. The van der Waals surface area contributed by atoms with E-state index in [2.05, 4.69) is 15.6 Å². The minimum atomic E-state index is -0.533. The minimum Gasteiger partial charge on any atom is -0.383 e. The highest BCUT2D eigenvalue weighted by molar-refractivity contribution is 6.25. The summed E-state index contributed by atoms with van der Waals surface area (Å²) in [5, 5.41) is 5.98. The first-order valence-corrected chi connectivity index (χ1v) is 3.97. The van der Waals surface area contributed by atoms with Crippen molar-refractivity contribution in [2.75, 3.05) is 33.6 Å². The van der Waals surface area contributed by atoms with Gasteiger partial charge < -0.3 is 15.8 Å². The third-order valence-electron chi connectivity index (χ3n) is 1.15. The summed E-state index contributed by atoms with van der Waals surface area (Å²) in [6.07, 6.45) is 1.09. The molecule has 0 spiro atoms. The van der Waals surface area contributed by atoms with E-state index < -0.39 is 5.91 Å². The third kappa shape index (κ3) is 11.0. The predicted octanol–water partition coefficient (Wildman–Crippen LogP) is -1.72. The van der Waals surface area contributed by atoms with Crippen LogP contribution in [0.15, 0.2) is 4.99 Å². The van der Waals surface area contributed by atoms with Gasteiger partial charge in [-0.05, 0) is 0 Å². The van der Waals surface area contributed by atoms with Crippen molar-refractivity contribution in [1.29, 1.82) is 0 Å². The Bertz CT molecular complexity index is 161. The van der Waals surface area contributed by atoms with E-state index in [1.807, 2.05) is 0 Å². The second-order valence-corrected chi connectivity index (χ2v) is 2.29. The topological polar surface area (TPSA) is 88.7 Å². The van der Waals surface area contributed by atoms with Crippen LogP contribution in [0.5, 0.6) is 0 Å². The number of primary amides is 1. The van der Waals surface area contributed by atoms with Crippen molar-refractivity contribution in [2.45, 2.75) is 0 Å². The molecule has 0 fully saturated rings. The Kier molecular flexibility index (Phi) is 8.42. The molecule has 0 aromatic heterocycles. The summed E-state index contributed by atoms with van der Waals surface area (Å²) in [6.45, 7) is 2.46. The molecule has 0 aliphatic heterocycles. The summed E-state index contributed by atoms with van der Waals surface area (Å²) in [5.41, 5.74) is 4.82. The van der Waals surface area contributed by atoms with Gasteiger partial charge in [0.2, 0.25) is 0 Å². The van der Waals surface area contributed by atoms with Gasteiger partial charge in [0.05, 0.1) is 19.5 Å². The molecule has 13 heavy (non-hydrogen) atoms. The minimum absolute atomic E-state index is 0.378. The van der Waals surface area contributed by atoms with Crippen molar-refractivity contribution in [3.63, 3.8) is 0 Å². The summed E-state index contributed by atoms with van der Waals surface area (Å²) < 4.78 is 4.82. The predicted molar refractivity (Wildman–Crippen MR) is 50.4 cm³/mol. The van der Waals surface area contributed by atoms with Crippen molar-refractivity contribution in [3.8, 4) is 0 Å². The Balaban J connectivity index is 3.03.